The average Bonchev–Trinajstić information content (AvgIpc) is 2.82. The summed E-state index contributed by atoms with van der Waals surface area (Å²) in [5.41, 5.74) is 2.42. The van der Waals surface area contributed by atoms with Gasteiger partial charge in [0.2, 0.25) is 5.91 Å². The van der Waals surface area contributed by atoms with Crippen molar-refractivity contribution in [1.82, 2.24) is 10.3 Å². The molecule has 2 N–H and O–H groups in total. The van der Waals surface area contributed by atoms with E-state index in [4.69, 9.17) is 0 Å². The lowest BCUT2D eigenvalue weighted by Crippen LogP contribution is -2.47. The number of nitriles is 1. The highest BCUT2D eigenvalue weighted by atomic mass is 16.2. The third-order valence-electron chi connectivity index (χ3n) is 3.42. The van der Waals surface area contributed by atoms with Crippen LogP contribution in [0.5, 0.6) is 0 Å². The minimum absolute atomic E-state index is 0.103. The second kappa shape index (κ2) is 5.72. The zero-order valence-electron chi connectivity index (χ0n) is 13.1. The minimum Gasteiger partial charge on any atom is -0.358 e. The number of nitrogens with zero attached hydrogens (tertiary/aromatic N) is 2. The third-order valence-corrected chi connectivity index (χ3v) is 3.42. The molecule has 1 unspecified atom stereocenters. The fraction of sp³-hybridized carbons (Fsp3) is 0.562. The first-order chi connectivity index (χ1) is 9.80. The molecule has 0 spiro atoms. The molecule has 1 aromatic rings. The van der Waals surface area contributed by atoms with Gasteiger partial charge < -0.3 is 10.6 Å². The first-order valence-electron chi connectivity index (χ1n) is 7.31. The number of hydrogen-bond acceptors (Lipinski definition) is 4. The molecule has 1 atom stereocenters. The number of aryl methyl sites for hydroxylation is 2. The molecular weight excluding hydrogens is 264 g/mol. The third kappa shape index (κ3) is 3.72. The highest BCUT2D eigenvalue weighted by Crippen LogP contribution is 2.25. The molecule has 5 nitrogen and oxygen atoms in total. The van der Waals surface area contributed by atoms with E-state index >= 15 is 0 Å². The number of hydrogen-bond donors (Lipinski definition) is 2. The molecule has 0 fully saturated rings. The van der Waals surface area contributed by atoms with Crippen molar-refractivity contribution in [2.24, 2.45) is 0 Å². The topological polar surface area (TPSA) is 77.8 Å². The van der Waals surface area contributed by atoms with Crippen LogP contribution in [0.1, 0.15) is 50.9 Å². The molecule has 0 saturated carbocycles. The van der Waals surface area contributed by atoms with Crippen LogP contribution in [-0.2, 0) is 17.6 Å². The van der Waals surface area contributed by atoms with Crippen molar-refractivity contribution in [3.8, 4) is 6.07 Å². The van der Waals surface area contributed by atoms with E-state index in [0.717, 1.165) is 30.5 Å². The van der Waals surface area contributed by atoms with Gasteiger partial charge in [-0.25, -0.2) is 4.98 Å². The Morgan fingerprint density at radius 1 is 1.43 bits per heavy atom. The Kier molecular flexibility index (Phi) is 4.17. The van der Waals surface area contributed by atoms with Crippen molar-refractivity contribution in [2.75, 3.05) is 5.32 Å². The standard InChI is InChI=1S/C16H22N4O/c1-10(15(21)20-16(2,3)4)18-14-12(9-17)8-11-6-5-7-13(11)19-14/h8,10H,5-7H2,1-4H3,(H,18,19)(H,20,21). The normalized spacial score (nSPS) is 15.0. The van der Waals surface area contributed by atoms with Gasteiger partial charge in [0.1, 0.15) is 17.9 Å². The summed E-state index contributed by atoms with van der Waals surface area (Å²) in [6, 6.07) is 3.61. The molecule has 5 heteroatoms. The maximum absolute atomic E-state index is 12.1. The molecule has 0 bridgehead atoms. The zero-order valence-corrected chi connectivity index (χ0v) is 13.1. The summed E-state index contributed by atoms with van der Waals surface area (Å²) in [5, 5.41) is 15.2. The van der Waals surface area contributed by atoms with Crippen LogP contribution < -0.4 is 10.6 Å². The summed E-state index contributed by atoms with van der Waals surface area (Å²) in [6.07, 6.45) is 3.01. The largest absolute Gasteiger partial charge is 0.358 e. The first kappa shape index (κ1) is 15.3. The van der Waals surface area contributed by atoms with Crippen molar-refractivity contribution in [1.29, 1.82) is 5.26 Å². The zero-order chi connectivity index (χ0) is 15.6. The van der Waals surface area contributed by atoms with Gasteiger partial charge in [-0.3, -0.25) is 4.79 Å². The number of carbonyl (C=O) groups excluding carboxylic acids is 1. The Balaban J connectivity index is 2.16. The van der Waals surface area contributed by atoms with Gasteiger partial charge in [-0.1, -0.05) is 0 Å². The second-order valence-corrected chi connectivity index (χ2v) is 6.56. The maximum atomic E-state index is 12.1. The van der Waals surface area contributed by atoms with E-state index in [9.17, 15) is 10.1 Å². The molecule has 21 heavy (non-hydrogen) atoms. The molecule has 0 aliphatic heterocycles. The summed E-state index contributed by atoms with van der Waals surface area (Å²) in [6.45, 7) is 7.58. The van der Waals surface area contributed by atoms with Crippen molar-refractivity contribution in [3.05, 3.63) is 22.9 Å². The number of carbonyl (C=O) groups is 1. The molecule has 1 amide bonds. The number of nitrogens with one attached hydrogen (secondary N) is 2. The summed E-state index contributed by atoms with van der Waals surface area (Å²) in [5.74, 6) is 0.406. The minimum atomic E-state index is -0.441. The maximum Gasteiger partial charge on any atom is 0.242 e. The predicted molar refractivity (Wildman–Crippen MR) is 82.0 cm³/mol. The molecule has 0 saturated heterocycles. The number of rotatable bonds is 3. The number of fused-ring (bicyclic) bond motifs is 1. The number of aromatic nitrogens is 1. The van der Waals surface area contributed by atoms with Crippen LogP contribution in [0.15, 0.2) is 6.07 Å². The lowest BCUT2D eigenvalue weighted by molar-refractivity contribution is -0.122. The van der Waals surface area contributed by atoms with Gasteiger partial charge in [0.15, 0.2) is 0 Å². The van der Waals surface area contributed by atoms with E-state index in [1.165, 1.54) is 0 Å². The van der Waals surface area contributed by atoms with Gasteiger partial charge in [0, 0.05) is 11.2 Å². The molecule has 1 aromatic heterocycles. The fourth-order valence-electron chi connectivity index (χ4n) is 2.42. The van der Waals surface area contributed by atoms with E-state index in [0.29, 0.717) is 11.4 Å². The lowest BCUT2D eigenvalue weighted by Gasteiger charge is -2.24. The van der Waals surface area contributed by atoms with Crippen molar-refractivity contribution >= 4 is 11.7 Å². The Morgan fingerprint density at radius 2 is 2.14 bits per heavy atom. The van der Waals surface area contributed by atoms with Gasteiger partial charge >= 0.3 is 0 Å². The monoisotopic (exact) mass is 286 g/mol. The molecule has 2 rings (SSSR count). The van der Waals surface area contributed by atoms with Crippen molar-refractivity contribution in [3.63, 3.8) is 0 Å². The van der Waals surface area contributed by atoms with E-state index in [1.807, 2.05) is 26.8 Å². The van der Waals surface area contributed by atoms with E-state index in [-0.39, 0.29) is 11.4 Å². The van der Waals surface area contributed by atoms with Gasteiger partial charge in [-0.15, -0.1) is 0 Å². The smallest absolute Gasteiger partial charge is 0.242 e. The molecule has 1 aliphatic carbocycles. The van der Waals surface area contributed by atoms with Crippen LogP contribution >= 0.6 is 0 Å². The first-order valence-corrected chi connectivity index (χ1v) is 7.31. The number of pyridine rings is 1. The quantitative estimate of drug-likeness (QED) is 0.892. The molecule has 112 valence electrons. The number of anilines is 1. The summed E-state index contributed by atoms with van der Waals surface area (Å²) in [4.78, 5) is 16.6. The highest BCUT2D eigenvalue weighted by molar-refractivity contribution is 5.84. The SMILES string of the molecule is CC(Nc1nc2c(cc1C#N)CCC2)C(=O)NC(C)(C)C. The van der Waals surface area contributed by atoms with Crippen molar-refractivity contribution < 1.29 is 4.79 Å². The number of amides is 1. The van der Waals surface area contributed by atoms with Crippen LogP contribution in [0, 0.1) is 11.3 Å². The Hall–Kier alpha value is -2.09. The summed E-state index contributed by atoms with van der Waals surface area (Å²) < 4.78 is 0. The van der Waals surface area contributed by atoms with Crippen LogP contribution in [-0.4, -0.2) is 22.5 Å². The Bertz CT molecular complexity index is 596. The predicted octanol–water partition coefficient (Wildman–Crippen LogP) is 2.16. The molecule has 0 aromatic carbocycles. The molecule has 1 aliphatic rings. The average molecular weight is 286 g/mol. The van der Waals surface area contributed by atoms with Crippen LogP contribution in [0.25, 0.3) is 0 Å². The lowest BCUT2D eigenvalue weighted by atomic mass is 10.1. The van der Waals surface area contributed by atoms with E-state index < -0.39 is 6.04 Å². The van der Waals surface area contributed by atoms with Crippen molar-refractivity contribution in [2.45, 2.75) is 58.5 Å². The highest BCUT2D eigenvalue weighted by Gasteiger charge is 2.22. The summed E-state index contributed by atoms with van der Waals surface area (Å²) in [7, 11) is 0. The summed E-state index contributed by atoms with van der Waals surface area (Å²) >= 11 is 0. The Labute approximate surface area is 125 Å². The Morgan fingerprint density at radius 3 is 2.76 bits per heavy atom. The van der Waals surface area contributed by atoms with Gasteiger partial charge in [-0.05, 0) is 58.6 Å². The second-order valence-electron chi connectivity index (χ2n) is 6.56. The van der Waals surface area contributed by atoms with E-state index in [1.54, 1.807) is 6.92 Å². The molecule has 0 radical (unpaired) electrons. The van der Waals surface area contributed by atoms with Crippen LogP contribution in [0.4, 0.5) is 5.82 Å². The molecule has 1 heterocycles. The van der Waals surface area contributed by atoms with Gasteiger partial charge in [-0.2, -0.15) is 5.26 Å². The van der Waals surface area contributed by atoms with Gasteiger partial charge in [0.25, 0.3) is 0 Å². The fourth-order valence-corrected chi connectivity index (χ4v) is 2.42. The van der Waals surface area contributed by atoms with E-state index in [2.05, 4.69) is 21.7 Å². The molecular formula is C16H22N4O. The van der Waals surface area contributed by atoms with Gasteiger partial charge in [0.05, 0.1) is 5.56 Å². The van der Waals surface area contributed by atoms with Crippen LogP contribution in [0.3, 0.4) is 0 Å². The van der Waals surface area contributed by atoms with Crippen LogP contribution in [0.2, 0.25) is 0 Å².